The van der Waals surface area contributed by atoms with Gasteiger partial charge >= 0.3 is 6.18 Å². The van der Waals surface area contributed by atoms with Crippen LogP contribution in [0.25, 0.3) is 0 Å². The van der Waals surface area contributed by atoms with Crippen LogP contribution in [0, 0.1) is 12.3 Å². The number of alkyl halides is 3. The number of halogens is 3. The van der Waals surface area contributed by atoms with E-state index < -0.39 is 24.1 Å². The molecule has 0 fully saturated rings. The predicted molar refractivity (Wildman–Crippen MR) is 53.9 cm³/mol. The van der Waals surface area contributed by atoms with Gasteiger partial charge in [-0.05, 0) is 6.92 Å². The molecular formula is C11H10F3NO. The van der Waals surface area contributed by atoms with Gasteiger partial charge < -0.3 is 5.41 Å². The normalized spacial score (nSPS) is 11.2. The van der Waals surface area contributed by atoms with Gasteiger partial charge in [-0.15, -0.1) is 0 Å². The third-order valence-corrected chi connectivity index (χ3v) is 2.05. The Kier molecular flexibility index (Phi) is 3.47. The molecule has 5 heteroatoms. The summed E-state index contributed by atoms with van der Waals surface area (Å²) in [6.07, 6.45) is -5.63. The molecule has 0 spiro atoms. The fourth-order valence-electron chi connectivity index (χ4n) is 1.10. The number of Topliss-reactive ketones (excluding diaryl/α,β-unsaturated/α-hetero) is 1. The lowest BCUT2D eigenvalue weighted by Crippen LogP contribution is -2.24. The third-order valence-electron chi connectivity index (χ3n) is 2.05. The van der Waals surface area contributed by atoms with Gasteiger partial charge in [0.1, 0.15) is 5.71 Å². The van der Waals surface area contributed by atoms with E-state index in [9.17, 15) is 18.0 Å². The van der Waals surface area contributed by atoms with E-state index in [1.807, 2.05) is 6.92 Å². The highest BCUT2D eigenvalue weighted by atomic mass is 19.4. The zero-order chi connectivity index (χ0) is 12.3. The predicted octanol–water partition coefficient (Wildman–Crippen LogP) is 3.15. The first kappa shape index (κ1) is 12.4. The smallest absolute Gasteiger partial charge is 0.300 e. The number of hydrogen-bond acceptors (Lipinski definition) is 2. The molecule has 0 saturated heterocycles. The molecule has 0 bridgehead atoms. The van der Waals surface area contributed by atoms with Gasteiger partial charge in [0.05, 0.1) is 6.42 Å². The van der Waals surface area contributed by atoms with E-state index in [2.05, 4.69) is 0 Å². The second-order valence-electron chi connectivity index (χ2n) is 3.44. The number of rotatable bonds is 3. The van der Waals surface area contributed by atoms with E-state index in [-0.39, 0.29) is 5.56 Å². The average Bonchev–Trinajstić information content (AvgIpc) is 2.17. The summed E-state index contributed by atoms with van der Waals surface area (Å²) >= 11 is 0. The highest BCUT2D eigenvalue weighted by Crippen LogP contribution is 2.19. The maximum absolute atomic E-state index is 12.0. The molecule has 0 aliphatic carbocycles. The van der Waals surface area contributed by atoms with E-state index in [0.717, 1.165) is 5.56 Å². The molecule has 2 nitrogen and oxygen atoms in total. The molecule has 0 unspecified atom stereocenters. The molecular weight excluding hydrogens is 219 g/mol. The van der Waals surface area contributed by atoms with Crippen LogP contribution in [0.4, 0.5) is 13.2 Å². The standard InChI is InChI=1S/C11H10F3NO/c1-7-2-4-8(5-3-7)9(16)6-10(15)11(12,13)14/h2-5,15H,6H2,1H3. The lowest BCUT2D eigenvalue weighted by Gasteiger charge is -2.07. The number of aryl methyl sites for hydroxylation is 1. The Morgan fingerprint density at radius 2 is 1.75 bits per heavy atom. The van der Waals surface area contributed by atoms with Crippen LogP contribution < -0.4 is 0 Å². The molecule has 0 atom stereocenters. The monoisotopic (exact) mass is 229 g/mol. The molecule has 1 aromatic carbocycles. The number of hydrogen-bond donors (Lipinski definition) is 1. The number of ketones is 1. The van der Waals surface area contributed by atoms with Crippen molar-refractivity contribution >= 4 is 11.5 Å². The maximum Gasteiger partial charge on any atom is 0.429 e. The lowest BCUT2D eigenvalue weighted by atomic mass is 10.0. The highest BCUT2D eigenvalue weighted by molar-refractivity contribution is 6.10. The maximum atomic E-state index is 12.0. The molecule has 16 heavy (non-hydrogen) atoms. The van der Waals surface area contributed by atoms with Crippen molar-refractivity contribution in [3.8, 4) is 0 Å². The van der Waals surface area contributed by atoms with Crippen molar-refractivity contribution in [1.29, 1.82) is 5.41 Å². The first-order valence-corrected chi connectivity index (χ1v) is 4.55. The van der Waals surface area contributed by atoms with Gasteiger partial charge in [-0.2, -0.15) is 13.2 Å². The fraction of sp³-hybridized carbons (Fsp3) is 0.273. The van der Waals surface area contributed by atoms with Crippen molar-refractivity contribution in [3.05, 3.63) is 35.4 Å². The number of benzene rings is 1. The van der Waals surface area contributed by atoms with Gasteiger partial charge in [0.25, 0.3) is 0 Å². The van der Waals surface area contributed by atoms with Crippen molar-refractivity contribution in [1.82, 2.24) is 0 Å². The molecule has 0 aliphatic heterocycles. The van der Waals surface area contributed by atoms with Crippen LogP contribution in [0.15, 0.2) is 24.3 Å². The second-order valence-corrected chi connectivity index (χ2v) is 3.44. The van der Waals surface area contributed by atoms with Crippen molar-refractivity contribution in [2.45, 2.75) is 19.5 Å². The molecule has 0 heterocycles. The van der Waals surface area contributed by atoms with Crippen LogP contribution in [-0.4, -0.2) is 17.7 Å². The van der Waals surface area contributed by atoms with Crippen LogP contribution in [0.5, 0.6) is 0 Å². The first-order chi connectivity index (χ1) is 7.30. The largest absolute Gasteiger partial charge is 0.429 e. The van der Waals surface area contributed by atoms with E-state index in [1.54, 1.807) is 12.1 Å². The summed E-state index contributed by atoms with van der Waals surface area (Å²) in [5.74, 6) is -0.692. The minimum absolute atomic E-state index is 0.194. The topological polar surface area (TPSA) is 40.9 Å². The van der Waals surface area contributed by atoms with Crippen LogP contribution in [0.1, 0.15) is 22.3 Å². The molecule has 0 radical (unpaired) electrons. The van der Waals surface area contributed by atoms with E-state index >= 15 is 0 Å². The zero-order valence-corrected chi connectivity index (χ0v) is 8.56. The van der Waals surface area contributed by atoms with Gasteiger partial charge in [-0.3, -0.25) is 4.79 Å². The van der Waals surface area contributed by atoms with E-state index in [1.165, 1.54) is 12.1 Å². The summed E-state index contributed by atoms with van der Waals surface area (Å²) in [5, 5.41) is 6.72. The van der Waals surface area contributed by atoms with Crippen molar-refractivity contribution < 1.29 is 18.0 Å². The van der Waals surface area contributed by atoms with E-state index in [0.29, 0.717) is 0 Å². The Hall–Kier alpha value is -1.65. The summed E-state index contributed by atoms with van der Waals surface area (Å²) in [6.45, 7) is 1.81. The lowest BCUT2D eigenvalue weighted by molar-refractivity contribution is -0.0609. The van der Waals surface area contributed by atoms with Gasteiger partial charge in [-0.1, -0.05) is 29.8 Å². The van der Waals surface area contributed by atoms with Crippen LogP contribution >= 0.6 is 0 Å². The number of carbonyl (C=O) groups is 1. The zero-order valence-electron chi connectivity index (χ0n) is 8.56. The highest BCUT2D eigenvalue weighted by Gasteiger charge is 2.35. The fourth-order valence-corrected chi connectivity index (χ4v) is 1.10. The molecule has 0 saturated carbocycles. The van der Waals surface area contributed by atoms with Crippen molar-refractivity contribution in [3.63, 3.8) is 0 Å². The van der Waals surface area contributed by atoms with Gasteiger partial charge in [0, 0.05) is 5.56 Å². The Morgan fingerprint density at radius 3 is 2.19 bits per heavy atom. The third kappa shape index (κ3) is 3.18. The minimum Gasteiger partial charge on any atom is -0.300 e. The molecule has 0 aromatic heterocycles. The minimum atomic E-state index is -4.72. The summed E-state index contributed by atoms with van der Waals surface area (Å²) in [4.78, 5) is 11.4. The quantitative estimate of drug-likeness (QED) is 0.627. The Labute approximate surface area is 90.6 Å². The molecule has 1 N–H and O–H groups in total. The summed E-state index contributed by atoms with van der Waals surface area (Å²) < 4.78 is 36.0. The summed E-state index contributed by atoms with van der Waals surface area (Å²) in [6, 6.07) is 6.21. The first-order valence-electron chi connectivity index (χ1n) is 4.55. The number of nitrogens with one attached hydrogen (secondary N) is 1. The van der Waals surface area contributed by atoms with Crippen LogP contribution in [-0.2, 0) is 0 Å². The van der Waals surface area contributed by atoms with Gasteiger partial charge in [0.2, 0.25) is 0 Å². The van der Waals surface area contributed by atoms with Gasteiger partial charge in [0.15, 0.2) is 5.78 Å². The van der Waals surface area contributed by atoms with Crippen molar-refractivity contribution in [2.24, 2.45) is 0 Å². The molecule has 86 valence electrons. The Bertz CT molecular complexity index is 406. The van der Waals surface area contributed by atoms with Gasteiger partial charge in [-0.25, -0.2) is 0 Å². The number of carbonyl (C=O) groups excluding carboxylic acids is 1. The van der Waals surface area contributed by atoms with Crippen molar-refractivity contribution in [2.75, 3.05) is 0 Å². The average molecular weight is 229 g/mol. The van der Waals surface area contributed by atoms with Crippen LogP contribution in [0.3, 0.4) is 0 Å². The Morgan fingerprint density at radius 1 is 1.25 bits per heavy atom. The summed E-state index contributed by atoms with van der Waals surface area (Å²) in [7, 11) is 0. The summed E-state index contributed by atoms with van der Waals surface area (Å²) in [5.41, 5.74) is -0.403. The van der Waals surface area contributed by atoms with Crippen LogP contribution in [0.2, 0.25) is 0 Å². The molecule has 1 rings (SSSR count). The Balaban J connectivity index is 2.74. The SMILES string of the molecule is Cc1ccc(C(=O)CC(=N)C(F)(F)F)cc1. The molecule has 1 aromatic rings. The molecule has 0 amide bonds. The second kappa shape index (κ2) is 4.47. The molecule has 0 aliphatic rings. The van der Waals surface area contributed by atoms with E-state index in [4.69, 9.17) is 5.41 Å².